The Morgan fingerprint density at radius 1 is 1.35 bits per heavy atom. The Hall–Kier alpha value is -2.56. The van der Waals surface area contributed by atoms with Crippen LogP contribution in [-0.2, 0) is 20.9 Å². The Labute approximate surface area is 116 Å². The van der Waals surface area contributed by atoms with E-state index in [9.17, 15) is 9.59 Å². The predicted octanol–water partition coefficient (Wildman–Crippen LogP) is 1.75. The fraction of sp³-hybridized carbons (Fsp3) is 0.200. The van der Waals surface area contributed by atoms with Crippen LogP contribution >= 0.6 is 0 Å². The summed E-state index contributed by atoms with van der Waals surface area (Å²) < 4.78 is 6.37. The number of carbonyl (C=O) groups is 2. The molecule has 1 heterocycles. The molecular weight excluding hydrogens is 256 g/mol. The molecule has 0 saturated carbocycles. The first-order chi connectivity index (χ1) is 9.52. The maximum Gasteiger partial charge on any atom is 0.353 e. The van der Waals surface area contributed by atoms with Gasteiger partial charge in [0.05, 0.1) is 7.11 Å². The highest BCUT2D eigenvalue weighted by molar-refractivity contribution is 5.93. The molecule has 0 aliphatic heterocycles. The lowest BCUT2D eigenvalue weighted by Gasteiger charge is -2.09. The molecule has 104 valence electrons. The molecule has 5 heteroatoms. The summed E-state index contributed by atoms with van der Waals surface area (Å²) in [5, 5.41) is 3.51. The van der Waals surface area contributed by atoms with Crippen molar-refractivity contribution < 1.29 is 14.3 Å². The van der Waals surface area contributed by atoms with Gasteiger partial charge in [0.15, 0.2) is 0 Å². The van der Waals surface area contributed by atoms with Crippen LogP contribution in [0.2, 0.25) is 0 Å². The van der Waals surface area contributed by atoms with Crippen LogP contribution in [0.25, 0.3) is 10.9 Å². The van der Waals surface area contributed by atoms with E-state index < -0.39 is 5.97 Å². The summed E-state index contributed by atoms with van der Waals surface area (Å²) in [6.45, 7) is 5.52. The molecule has 0 unspecified atom stereocenters. The lowest BCUT2D eigenvalue weighted by atomic mass is 10.2. The van der Waals surface area contributed by atoms with Crippen LogP contribution in [0.5, 0.6) is 0 Å². The van der Waals surface area contributed by atoms with E-state index in [1.807, 2.05) is 41.8 Å². The van der Waals surface area contributed by atoms with Crippen LogP contribution < -0.4 is 5.32 Å². The molecule has 0 radical (unpaired) electrons. The van der Waals surface area contributed by atoms with Crippen molar-refractivity contribution in [2.75, 3.05) is 7.11 Å². The Morgan fingerprint density at radius 2 is 2.05 bits per heavy atom. The fourth-order valence-electron chi connectivity index (χ4n) is 2.08. The molecule has 2 rings (SSSR count). The molecule has 20 heavy (non-hydrogen) atoms. The number of aryl methyl sites for hydroxylation is 1. The Kier molecular flexibility index (Phi) is 3.89. The third-order valence-corrected chi connectivity index (χ3v) is 3.04. The fourth-order valence-corrected chi connectivity index (χ4v) is 2.08. The minimum absolute atomic E-state index is 0.0633. The molecule has 0 bridgehead atoms. The first-order valence-corrected chi connectivity index (χ1v) is 6.15. The molecule has 1 aromatic carbocycles. The molecule has 5 nitrogen and oxygen atoms in total. The number of fused-ring (bicyclic) bond motifs is 1. The summed E-state index contributed by atoms with van der Waals surface area (Å²) in [5.41, 5.74) is 1.89. The van der Waals surface area contributed by atoms with Crippen molar-refractivity contribution in [2.24, 2.45) is 0 Å². The molecule has 0 saturated heterocycles. The lowest BCUT2D eigenvalue weighted by Crippen LogP contribution is -2.30. The first-order valence-electron chi connectivity index (χ1n) is 6.15. The number of aromatic nitrogens is 1. The molecule has 1 aromatic heterocycles. The van der Waals surface area contributed by atoms with Gasteiger partial charge in [0.25, 0.3) is 0 Å². The molecule has 0 aliphatic rings. The number of esters is 1. The van der Waals surface area contributed by atoms with Crippen LogP contribution in [-0.4, -0.2) is 23.6 Å². The van der Waals surface area contributed by atoms with E-state index in [-0.39, 0.29) is 18.1 Å². The van der Waals surface area contributed by atoms with Gasteiger partial charge in [-0.2, -0.15) is 0 Å². The van der Waals surface area contributed by atoms with Crippen LogP contribution in [0.3, 0.4) is 0 Å². The van der Waals surface area contributed by atoms with E-state index >= 15 is 0 Å². The van der Waals surface area contributed by atoms with Gasteiger partial charge in [-0.1, -0.05) is 24.8 Å². The lowest BCUT2D eigenvalue weighted by molar-refractivity contribution is -0.137. The maximum absolute atomic E-state index is 11.9. The smallest absolute Gasteiger partial charge is 0.353 e. The van der Waals surface area contributed by atoms with Crippen molar-refractivity contribution in [3.05, 3.63) is 48.3 Å². The van der Waals surface area contributed by atoms with E-state index in [2.05, 4.69) is 16.6 Å². The zero-order valence-electron chi connectivity index (χ0n) is 11.5. The van der Waals surface area contributed by atoms with Crippen LogP contribution in [0.4, 0.5) is 0 Å². The standard InChI is InChI=1S/C15H16N2O3/c1-10-8-12-6-4-5-7-13(12)17(10)9-14(18)16-11(2)15(19)20-3/h4-8H,2,9H2,1,3H3,(H,16,18). The number of hydrogen-bond acceptors (Lipinski definition) is 3. The normalized spacial score (nSPS) is 10.3. The summed E-state index contributed by atoms with van der Waals surface area (Å²) in [4.78, 5) is 23.1. The first kappa shape index (κ1) is 13.9. The quantitative estimate of drug-likeness (QED) is 0.681. The number of methoxy groups -OCH3 is 1. The molecule has 0 atom stereocenters. The number of amides is 1. The van der Waals surface area contributed by atoms with Crippen LogP contribution in [0.15, 0.2) is 42.6 Å². The van der Waals surface area contributed by atoms with Crippen molar-refractivity contribution in [1.82, 2.24) is 9.88 Å². The van der Waals surface area contributed by atoms with Gasteiger partial charge >= 0.3 is 5.97 Å². The highest BCUT2D eigenvalue weighted by Gasteiger charge is 2.13. The molecular formula is C15H16N2O3. The van der Waals surface area contributed by atoms with Gasteiger partial charge in [-0.15, -0.1) is 0 Å². The van der Waals surface area contributed by atoms with Gasteiger partial charge < -0.3 is 14.6 Å². The van der Waals surface area contributed by atoms with E-state index in [1.165, 1.54) is 7.11 Å². The van der Waals surface area contributed by atoms with Gasteiger partial charge in [-0.3, -0.25) is 4.79 Å². The van der Waals surface area contributed by atoms with Crippen molar-refractivity contribution >= 4 is 22.8 Å². The molecule has 0 aliphatic carbocycles. The Balaban J connectivity index is 2.16. The van der Waals surface area contributed by atoms with Crippen molar-refractivity contribution in [2.45, 2.75) is 13.5 Å². The number of nitrogens with zero attached hydrogens (tertiary/aromatic N) is 1. The minimum Gasteiger partial charge on any atom is -0.464 e. The van der Waals surface area contributed by atoms with Crippen molar-refractivity contribution in [3.8, 4) is 0 Å². The molecule has 2 aromatic rings. The number of benzene rings is 1. The summed E-state index contributed by atoms with van der Waals surface area (Å²) in [6.07, 6.45) is 0. The molecule has 0 spiro atoms. The molecule has 0 fully saturated rings. The minimum atomic E-state index is -0.646. The molecule has 1 amide bonds. The average Bonchev–Trinajstić information content (AvgIpc) is 2.74. The second kappa shape index (κ2) is 5.61. The number of ether oxygens (including phenoxy) is 1. The summed E-state index contributed by atoms with van der Waals surface area (Å²) in [7, 11) is 1.24. The van der Waals surface area contributed by atoms with Gasteiger partial charge in [-0.25, -0.2) is 4.79 Å². The largest absolute Gasteiger partial charge is 0.464 e. The summed E-state index contributed by atoms with van der Waals surface area (Å²) in [5.74, 6) is -0.961. The van der Waals surface area contributed by atoms with E-state index in [4.69, 9.17) is 0 Å². The Morgan fingerprint density at radius 3 is 2.75 bits per heavy atom. The molecule has 1 N–H and O–H groups in total. The SMILES string of the molecule is C=C(NC(=O)Cn1c(C)cc2ccccc21)C(=O)OC. The van der Waals surface area contributed by atoms with Gasteiger partial charge in [0.2, 0.25) is 5.91 Å². The van der Waals surface area contributed by atoms with E-state index in [0.29, 0.717) is 0 Å². The van der Waals surface area contributed by atoms with Gasteiger partial charge in [0.1, 0.15) is 12.2 Å². The van der Waals surface area contributed by atoms with Gasteiger partial charge in [0, 0.05) is 11.2 Å². The number of carbonyl (C=O) groups excluding carboxylic acids is 2. The van der Waals surface area contributed by atoms with Crippen molar-refractivity contribution in [3.63, 3.8) is 0 Å². The third kappa shape index (κ3) is 2.71. The average molecular weight is 272 g/mol. The zero-order valence-corrected chi connectivity index (χ0v) is 11.5. The van der Waals surface area contributed by atoms with Crippen LogP contribution in [0.1, 0.15) is 5.69 Å². The summed E-state index contributed by atoms with van der Waals surface area (Å²) >= 11 is 0. The predicted molar refractivity (Wildman–Crippen MR) is 76.0 cm³/mol. The number of nitrogens with one attached hydrogen (secondary N) is 1. The van der Waals surface area contributed by atoms with E-state index in [0.717, 1.165) is 16.6 Å². The topological polar surface area (TPSA) is 60.3 Å². The maximum atomic E-state index is 11.9. The highest BCUT2D eigenvalue weighted by Crippen LogP contribution is 2.18. The number of para-hydroxylation sites is 1. The number of rotatable bonds is 4. The Bertz CT molecular complexity index is 685. The second-order valence-electron chi connectivity index (χ2n) is 4.45. The van der Waals surface area contributed by atoms with Crippen molar-refractivity contribution in [1.29, 1.82) is 0 Å². The van der Waals surface area contributed by atoms with E-state index in [1.54, 1.807) is 0 Å². The zero-order chi connectivity index (χ0) is 14.7. The monoisotopic (exact) mass is 272 g/mol. The highest BCUT2D eigenvalue weighted by atomic mass is 16.5. The third-order valence-electron chi connectivity index (χ3n) is 3.04. The van der Waals surface area contributed by atoms with Crippen LogP contribution in [0, 0.1) is 6.92 Å². The number of hydrogen-bond donors (Lipinski definition) is 1. The second-order valence-corrected chi connectivity index (χ2v) is 4.45. The van der Waals surface area contributed by atoms with Gasteiger partial charge in [-0.05, 0) is 24.4 Å². The summed E-state index contributed by atoms with van der Waals surface area (Å²) in [6, 6.07) is 9.82.